The predicted molar refractivity (Wildman–Crippen MR) is 63.1 cm³/mol. The van der Waals surface area contributed by atoms with E-state index >= 15 is 0 Å². The van der Waals surface area contributed by atoms with Crippen LogP contribution < -0.4 is 5.32 Å². The van der Waals surface area contributed by atoms with Gasteiger partial charge in [-0.25, -0.2) is 4.98 Å². The molecule has 1 aliphatic rings. The molecule has 2 rings (SSSR count). The molecule has 1 unspecified atom stereocenters. The first-order valence-corrected chi connectivity index (χ1v) is 5.92. The SMILES string of the molecule is CN(Cc1ncn[nH]1)C(=O)C1(C)CCCNC1. The Morgan fingerprint density at radius 3 is 3.06 bits per heavy atom. The predicted octanol–water partition coefficient (Wildman–Crippen LogP) is 0.153. The number of carbonyl (C=O) groups is 1. The van der Waals surface area contributed by atoms with Crippen LogP contribution >= 0.6 is 0 Å². The Hall–Kier alpha value is -1.43. The number of aromatic nitrogens is 3. The molecule has 1 amide bonds. The van der Waals surface area contributed by atoms with Crippen LogP contribution in [0, 0.1) is 5.41 Å². The lowest BCUT2D eigenvalue weighted by Gasteiger charge is -2.35. The minimum Gasteiger partial charge on any atom is -0.338 e. The summed E-state index contributed by atoms with van der Waals surface area (Å²) in [7, 11) is 1.81. The number of hydrogen-bond donors (Lipinski definition) is 2. The molecule has 6 heteroatoms. The van der Waals surface area contributed by atoms with Gasteiger partial charge in [-0.05, 0) is 26.3 Å². The van der Waals surface area contributed by atoms with Gasteiger partial charge in [0.05, 0.1) is 12.0 Å². The third-order valence-corrected chi connectivity index (χ3v) is 3.31. The summed E-state index contributed by atoms with van der Waals surface area (Å²) in [5.74, 6) is 0.884. The molecule has 0 aliphatic carbocycles. The van der Waals surface area contributed by atoms with E-state index in [1.54, 1.807) is 4.90 Å². The Bertz CT molecular complexity index is 369. The lowest BCUT2D eigenvalue weighted by molar-refractivity contribution is -0.141. The van der Waals surface area contributed by atoms with Crippen LogP contribution in [-0.2, 0) is 11.3 Å². The van der Waals surface area contributed by atoms with Crippen molar-refractivity contribution in [1.82, 2.24) is 25.4 Å². The van der Waals surface area contributed by atoms with E-state index in [0.717, 1.165) is 25.9 Å². The molecule has 0 radical (unpaired) electrons. The fourth-order valence-electron chi connectivity index (χ4n) is 2.30. The molecule has 6 nitrogen and oxygen atoms in total. The second-order valence-corrected chi connectivity index (χ2v) is 4.93. The van der Waals surface area contributed by atoms with E-state index in [0.29, 0.717) is 12.4 Å². The van der Waals surface area contributed by atoms with Gasteiger partial charge >= 0.3 is 0 Å². The van der Waals surface area contributed by atoms with Gasteiger partial charge in [0.2, 0.25) is 5.91 Å². The highest BCUT2D eigenvalue weighted by molar-refractivity contribution is 5.82. The van der Waals surface area contributed by atoms with Gasteiger partial charge < -0.3 is 10.2 Å². The molecule has 1 fully saturated rings. The minimum absolute atomic E-state index is 0.168. The van der Waals surface area contributed by atoms with Crippen LogP contribution in [0.5, 0.6) is 0 Å². The van der Waals surface area contributed by atoms with Gasteiger partial charge in [-0.3, -0.25) is 9.89 Å². The Morgan fingerprint density at radius 2 is 2.47 bits per heavy atom. The first-order valence-electron chi connectivity index (χ1n) is 5.92. The van der Waals surface area contributed by atoms with E-state index in [2.05, 4.69) is 20.5 Å². The molecule has 1 saturated heterocycles. The molecular formula is C11H19N5O. The molecule has 1 aromatic rings. The van der Waals surface area contributed by atoms with E-state index in [1.165, 1.54) is 6.33 Å². The van der Waals surface area contributed by atoms with Gasteiger partial charge in [-0.1, -0.05) is 0 Å². The summed E-state index contributed by atoms with van der Waals surface area (Å²) in [4.78, 5) is 18.1. The van der Waals surface area contributed by atoms with E-state index in [9.17, 15) is 4.79 Å². The second kappa shape index (κ2) is 4.83. The van der Waals surface area contributed by atoms with E-state index < -0.39 is 0 Å². The van der Waals surface area contributed by atoms with Crippen LogP contribution in [0.3, 0.4) is 0 Å². The van der Waals surface area contributed by atoms with E-state index in [4.69, 9.17) is 0 Å². The van der Waals surface area contributed by atoms with Crippen molar-refractivity contribution in [1.29, 1.82) is 0 Å². The van der Waals surface area contributed by atoms with Crippen molar-refractivity contribution in [2.45, 2.75) is 26.3 Å². The molecular weight excluding hydrogens is 218 g/mol. The molecule has 0 aromatic carbocycles. The van der Waals surface area contributed by atoms with Crippen molar-refractivity contribution in [3.8, 4) is 0 Å². The lowest BCUT2D eigenvalue weighted by atomic mass is 9.81. The van der Waals surface area contributed by atoms with Crippen molar-refractivity contribution < 1.29 is 4.79 Å². The van der Waals surface area contributed by atoms with E-state index in [-0.39, 0.29) is 11.3 Å². The molecule has 94 valence electrons. The maximum atomic E-state index is 12.4. The van der Waals surface area contributed by atoms with Crippen LogP contribution in [0.2, 0.25) is 0 Å². The highest BCUT2D eigenvalue weighted by Crippen LogP contribution is 2.27. The number of carbonyl (C=O) groups excluding carboxylic acids is 1. The Kier molecular flexibility index (Phi) is 3.42. The lowest BCUT2D eigenvalue weighted by Crippen LogP contribution is -2.49. The average molecular weight is 237 g/mol. The third-order valence-electron chi connectivity index (χ3n) is 3.31. The number of amides is 1. The third kappa shape index (κ3) is 2.63. The molecule has 17 heavy (non-hydrogen) atoms. The van der Waals surface area contributed by atoms with Gasteiger partial charge in [-0.2, -0.15) is 5.10 Å². The number of nitrogens with one attached hydrogen (secondary N) is 2. The van der Waals surface area contributed by atoms with Gasteiger partial charge in [0.15, 0.2) is 0 Å². The summed E-state index contributed by atoms with van der Waals surface area (Å²) in [6, 6.07) is 0. The number of piperidine rings is 1. The fraction of sp³-hybridized carbons (Fsp3) is 0.727. The summed E-state index contributed by atoms with van der Waals surface area (Å²) in [5.41, 5.74) is -0.285. The van der Waals surface area contributed by atoms with Crippen molar-refractivity contribution in [2.24, 2.45) is 5.41 Å². The molecule has 2 heterocycles. The van der Waals surface area contributed by atoms with Crippen molar-refractivity contribution in [3.05, 3.63) is 12.2 Å². The fourth-order valence-corrected chi connectivity index (χ4v) is 2.30. The molecule has 1 atom stereocenters. The van der Waals surface area contributed by atoms with Crippen molar-refractivity contribution in [2.75, 3.05) is 20.1 Å². The summed E-state index contributed by atoms with van der Waals surface area (Å²) in [5, 5.41) is 9.83. The van der Waals surface area contributed by atoms with Crippen molar-refractivity contribution >= 4 is 5.91 Å². The quantitative estimate of drug-likeness (QED) is 0.785. The Morgan fingerprint density at radius 1 is 1.65 bits per heavy atom. The van der Waals surface area contributed by atoms with Gasteiger partial charge in [0, 0.05) is 13.6 Å². The van der Waals surface area contributed by atoms with Crippen LogP contribution in [-0.4, -0.2) is 46.1 Å². The van der Waals surface area contributed by atoms with E-state index in [1.807, 2.05) is 14.0 Å². The maximum absolute atomic E-state index is 12.4. The number of nitrogens with zero attached hydrogens (tertiary/aromatic N) is 3. The largest absolute Gasteiger partial charge is 0.338 e. The molecule has 2 N–H and O–H groups in total. The number of hydrogen-bond acceptors (Lipinski definition) is 4. The number of rotatable bonds is 3. The topological polar surface area (TPSA) is 73.9 Å². The second-order valence-electron chi connectivity index (χ2n) is 4.93. The van der Waals surface area contributed by atoms with Crippen LogP contribution in [0.1, 0.15) is 25.6 Å². The summed E-state index contributed by atoms with van der Waals surface area (Å²) >= 11 is 0. The summed E-state index contributed by atoms with van der Waals surface area (Å²) in [6.07, 6.45) is 3.45. The highest BCUT2D eigenvalue weighted by atomic mass is 16.2. The standard InChI is InChI=1S/C11H19N5O/c1-11(4-3-5-12-7-11)10(17)16(2)6-9-13-8-14-15-9/h8,12H,3-7H2,1-2H3,(H,13,14,15). The van der Waals surface area contributed by atoms with Crippen LogP contribution in [0.15, 0.2) is 6.33 Å². The molecule has 1 aromatic heterocycles. The van der Waals surface area contributed by atoms with Crippen LogP contribution in [0.25, 0.3) is 0 Å². The van der Waals surface area contributed by atoms with Gasteiger partial charge in [0.1, 0.15) is 12.2 Å². The molecule has 0 saturated carbocycles. The van der Waals surface area contributed by atoms with Crippen molar-refractivity contribution in [3.63, 3.8) is 0 Å². The smallest absolute Gasteiger partial charge is 0.229 e. The number of H-pyrrole nitrogens is 1. The summed E-state index contributed by atoms with van der Waals surface area (Å²) < 4.78 is 0. The number of aromatic amines is 1. The monoisotopic (exact) mass is 237 g/mol. The first-order chi connectivity index (χ1) is 8.12. The first kappa shape index (κ1) is 12.0. The van der Waals surface area contributed by atoms with Crippen LogP contribution in [0.4, 0.5) is 0 Å². The van der Waals surface area contributed by atoms with Gasteiger partial charge in [0.25, 0.3) is 0 Å². The Labute approximate surface area is 101 Å². The molecule has 0 bridgehead atoms. The highest BCUT2D eigenvalue weighted by Gasteiger charge is 2.36. The minimum atomic E-state index is -0.285. The normalized spacial score (nSPS) is 24.6. The Balaban J connectivity index is 1.98. The zero-order valence-corrected chi connectivity index (χ0v) is 10.4. The molecule has 0 spiro atoms. The zero-order valence-electron chi connectivity index (χ0n) is 10.4. The average Bonchev–Trinajstić information content (AvgIpc) is 2.81. The zero-order chi connectivity index (χ0) is 12.3. The molecule has 1 aliphatic heterocycles. The maximum Gasteiger partial charge on any atom is 0.229 e. The summed E-state index contributed by atoms with van der Waals surface area (Å²) in [6.45, 7) is 4.27. The van der Waals surface area contributed by atoms with Gasteiger partial charge in [-0.15, -0.1) is 0 Å².